The molecule has 0 saturated carbocycles. The molecule has 7 nitrogen and oxygen atoms in total. The van der Waals surface area contributed by atoms with E-state index in [9.17, 15) is 15.2 Å². The number of aryl methyl sites for hydroxylation is 1. The maximum atomic E-state index is 10.9. The van der Waals surface area contributed by atoms with Gasteiger partial charge < -0.3 is 14.9 Å². The van der Waals surface area contributed by atoms with Crippen molar-refractivity contribution >= 4 is 11.5 Å². The Kier molecular flexibility index (Phi) is 5.90. The molecule has 0 spiro atoms. The van der Waals surface area contributed by atoms with E-state index >= 15 is 0 Å². The first kappa shape index (κ1) is 17.6. The number of aliphatic hydroxyl groups is 1. The molecule has 2 heterocycles. The number of β-amino-alcohol motifs (C(OH)–C–C–N with tert-alkyl or cyclic N) is 1. The summed E-state index contributed by atoms with van der Waals surface area (Å²) in [6.07, 6.45) is 3.26. The number of aliphatic hydroxyl groups excluding tert-OH is 1. The van der Waals surface area contributed by atoms with E-state index in [0.717, 1.165) is 44.8 Å². The zero-order valence-electron chi connectivity index (χ0n) is 14.1. The molecule has 0 bridgehead atoms. The van der Waals surface area contributed by atoms with E-state index in [1.54, 1.807) is 13.0 Å². The molecule has 0 amide bonds. The molecule has 1 aliphatic heterocycles. The standard InChI is InChI=1S/C16H26N4O3/c1-12-8-16(17-9-15(12)20(22)23)18(3)11-14-4-6-19(7-5-14)10-13(2)21/h8-9,13-14,21H,4-7,10-11H2,1-3H3. The van der Waals surface area contributed by atoms with Crippen molar-refractivity contribution in [2.24, 2.45) is 5.92 Å². The Morgan fingerprint density at radius 2 is 2.17 bits per heavy atom. The molecule has 1 unspecified atom stereocenters. The Morgan fingerprint density at radius 3 is 2.70 bits per heavy atom. The normalized spacial score (nSPS) is 17.9. The number of hydrogen-bond donors (Lipinski definition) is 1. The van der Waals surface area contributed by atoms with Crippen molar-refractivity contribution in [2.45, 2.75) is 32.8 Å². The van der Waals surface area contributed by atoms with Crippen LogP contribution in [0.5, 0.6) is 0 Å². The first-order valence-electron chi connectivity index (χ1n) is 8.09. The summed E-state index contributed by atoms with van der Waals surface area (Å²) >= 11 is 0. The van der Waals surface area contributed by atoms with Crippen LogP contribution in [-0.4, -0.2) is 59.2 Å². The van der Waals surface area contributed by atoms with Crippen molar-refractivity contribution in [3.8, 4) is 0 Å². The number of piperidine rings is 1. The van der Waals surface area contributed by atoms with E-state index in [4.69, 9.17) is 0 Å². The van der Waals surface area contributed by atoms with Crippen LogP contribution < -0.4 is 4.90 Å². The van der Waals surface area contributed by atoms with Crippen LogP contribution in [0, 0.1) is 23.0 Å². The van der Waals surface area contributed by atoms with E-state index < -0.39 is 4.92 Å². The molecule has 1 N–H and O–H groups in total. The van der Waals surface area contributed by atoms with Crippen LogP contribution in [0.4, 0.5) is 11.5 Å². The Morgan fingerprint density at radius 1 is 1.52 bits per heavy atom. The fourth-order valence-corrected chi connectivity index (χ4v) is 3.14. The second kappa shape index (κ2) is 7.70. The molecular formula is C16H26N4O3. The maximum absolute atomic E-state index is 10.9. The molecule has 23 heavy (non-hydrogen) atoms. The predicted molar refractivity (Wildman–Crippen MR) is 89.7 cm³/mol. The lowest BCUT2D eigenvalue weighted by atomic mass is 9.96. The van der Waals surface area contributed by atoms with Gasteiger partial charge >= 0.3 is 0 Å². The van der Waals surface area contributed by atoms with Gasteiger partial charge in [0.15, 0.2) is 0 Å². The van der Waals surface area contributed by atoms with Crippen molar-refractivity contribution in [1.82, 2.24) is 9.88 Å². The molecule has 2 rings (SSSR count). The number of anilines is 1. The summed E-state index contributed by atoms with van der Waals surface area (Å²) in [5.74, 6) is 1.36. The van der Waals surface area contributed by atoms with Gasteiger partial charge in [-0.05, 0) is 51.8 Å². The predicted octanol–water partition coefficient (Wildman–Crippen LogP) is 1.83. The average molecular weight is 322 g/mol. The summed E-state index contributed by atoms with van der Waals surface area (Å²) in [5, 5.41) is 20.3. The van der Waals surface area contributed by atoms with E-state index in [1.165, 1.54) is 6.20 Å². The van der Waals surface area contributed by atoms with Crippen molar-refractivity contribution in [2.75, 3.05) is 38.1 Å². The van der Waals surface area contributed by atoms with Gasteiger partial charge in [-0.3, -0.25) is 10.1 Å². The summed E-state index contributed by atoms with van der Waals surface area (Å²) in [6, 6.07) is 1.78. The molecule has 7 heteroatoms. The molecule has 1 aromatic heterocycles. The fraction of sp³-hybridized carbons (Fsp3) is 0.688. The third kappa shape index (κ3) is 4.87. The van der Waals surface area contributed by atoms with Gasteiger partial charge in [0.05, 0.1) is 11.0 Å². The zero-order valence-corrected chi connectivity index (χ0v) is 14.1. The monoisotopic (exact) mass is 322 g/mol. The highest BCUT2D eigenvalue weighted by Gasteiger charge is 2.22. The van der Waals surface area contributed by atoms with E-state index in [2.05, 4.69) is 14.8 Å². The number of hydrogen-bond acceptors (Lipinski definition) is 6. The molecule has 0 aromatic carbocycles. The molecule has 1 atom stereocenters. The molecule has 1 aliphatic rings. The molecular weight excluding hydrogens is 296 g/mol. The fourth-order valence-electron chi connectivity index (χ4n) is 3.14. The van der Waals surface area contributed by atoms with Crippen LogP contribution in [-0.2, 0) is 0 Å². The minimum atomic E-state index is -0.399. The van der Waals surface area contributed by atoms with Crippen LogP contribution in [0.2, 0.25) is 0 Å². The van der Waals surface area contributed by atoms with Crippen molar-refractivity contribution in [3.63, 3.8) is 0 Å². The highest BCUT2D eigenvalue weighted by atomic mass is 16.6. The quantitative estimate of drug-likeness (QED) is 0.635. The molecule has 1 aromatic rings. The zero-order chi connectivity index (χ0) is 17.0. The maximum Gasteiger partial charge on any atom is 0.290 e. The molecule has 1 saturated heterocycles. The minimum Gasteiger partial charge on any atom is -0.392 e. The van der Waals surface area contributed by atoms with E-state index in [1.807, 2.05) is 14.0 Å². The van der Waals surface area contributed by atoms with Crippen LogP contribution in [0.25, 0.3) is 0 Å². The van der Waals surface area contributed by atoms with Gasteiger partial charge in [-0.1, -0.05) is 0 Å². The lowest BCUT2D eigenvalue weighted by Gasteiger charge is -2.34. The number of nitrogens with zero attached hydrogens (tertiary/aromatic N) is 4. The first-order chi connectivity index (χ1) is 10.9. The SMILES string of the molecule is Cc1cc(N(C)CC2CCN(CC(C)O)CC2)ncc1[N+](=O)[O-]. The summed E-state index contributed by atoms with van der Waals surface area (Å²) in [6.45, 7) is 7.22. The number of pyridine rings is 1. The van der Waals surface area contributed by atoms with E-state index in [0.29, 0.717) is 11.5 Å². The highest BCUT2D eigenvalue weighted by molar-refractivity contribution is 5.48. The van der Waals surface area contributed by atoms with Crippen LogP contribution in [0.3, 0.4) is 0 Å². The molecule has 1 fully saturated rings. The lowest BCUT2D eigenvalue weighted by molar-refractivity contribution is -0.385. The lowest BCUT2D eigenvalue weighted by Crippen LogP contribution is -2.40. The summed E-state index contributed by atoms with van der Waals surface area (Å²) in [4.78, 5) is 19.1. The smallest absolute Gasteiger partial charge is 0.290 e. The summed E-state index contributed by atoms with van der Waals surface area (Å²) in [7, 11) is 1.98. The Hall–Kier alpha value is -1.73. The van der Waals surface area contributed by atoms with Gasteiger partial charge in [0.25, 0.3) is 5.69 Å². The first-order valence-corrected chi connectivity index (χ1v) is 8.09. The van der Waals surface area contributed by atoms with Crippen molar-refractivity contribution in [1.29, 1.82) is 0 Å². The number of likely N-dealkylation sites (tertiary alicyclic amines) is 1. The number of rotatable bonds is 6. The minimum absolute atomic E-state index is 0.0635. The van der Waals surface area contributed by atoms with Gasteiger partial charge in [0.1, 0.15) is 12.0 Å². The Balaban J connectivity index is 1.89. The Bertz CT molecular complexity index is 542. The highest BCUT2D eigenvalue weighted by Crippen LogP contribution is 2.23. The summed E-state index contributed by atoms with van der Waals surface area (Å²) in [5.41, 5.74) is 0.701. The van der Waals surface area contributed by atoms with Gasteiger partial charge in [-0.2, -0.15) is 0 Å². The van der Waals surface area contributed by atoms with Crippen LogP contribution in [0.1, 0.15) is 25.3 Å². The van der Waals surface area contributed by atoms with Crippen LogP contribution in [0.15, 0.2) is 12.3 Å². The van der Waals surface area contributed by atoms with E-state index in [-0.39, 0.29) is 11.8 Å². The number of nitro groups is 1. The topological polar surface area (TPSA) is 82.7 Å². The molecule has 0 radical (unpaired) electrons. The largest absolute Gasteiger partial charge is 0.392 e. The molecule has 128 valence electrons. The third-order valence-corrected chi connectivity index (χ3v) is 4.42. The second-order valence-electron chi connectivity index (χ2n) is 6.56. The average Bonchev–Trinajstić information content (AvgIpc) is 2.48. The van der Waals surface area contributed by atoms with Gasteiger partial charge in [0, 0.05) is 25.7 Å². The second-order valence-corrected chi connectivity index (χ2v) is 6.56. The van der Waals surface area contributed by atoms with Gasteiger partial charge in [-0.25, -0.2) is 4.98 Å². The third-order valence-electron chi connectivity index (χ3n) is 4.42. The van der Waals surface area contributed by atoms with Crippen LogP contribution >= 0.6 is 0 Å². The number of aromatic nitrogens is 1. The van der Waals surface area contributed by atoms with Crippen molar-refractivity contribution < 1.29 is 10.0 Å². The van der Waals surface area contributed by atoms with Gasteiger partial charge in [0.2, 0.25) is 0 Å². The van der Waals surface area contributed by atoms with Gasteiger partial charge in [-0.15, -0.1) is 0 Å². The molecule has 0 aliphatic carbocycles. The Labute approximate surface area is 137 Å². The van der Waals surface area contributed by atoms with Crippen molar-refractivity contribution in [3.05, 3.63) is 27.9 Å². The summed E-state index contributed by atoms with van der Waals surface area (Å²) < 4.78 is 0.